The number of rotatable bonds is 1. The maximum atomic E-state index is 12.1. The summed E-state index contributed by atoms with van der Waals surface area (Å²) in [6.45, 7) is 7.80. The lowest BCUT2D eigenvalue weighted by Gasteiger charge is -2.25. The zero-order valence-electron chi connectivity index (χ0n) is 11.3. The van der Waals surface area contributed by atoms with Gasteiger partial charge in [0.15, 0.2) is 0 Å². The Bertz CT molecular complexity index is 465. The molecule has 1 aromatic carbocycles. The lowest BCUT2D eigenvalue weighted by Crippen LogP contribution is -2.30. The third-order valence-corrected chi connectivity index (χ3v) is 4.16. The molecule has 2 rings (SSSR count). The second-order valence-corrected chi connectivity index (χ2v) is 7.43. The van der Waals surface area contributed by atoms with Crippen molar-refractivity contribution in [2.24, 2.45) is 4.40 Å². The molecule has 4 heteroatoms. The van der Waals surface area contributed by atoms with Crippen molar-refractivity contribution in [1.29, 1.82) is 0 Å². The van der Waals surface area contributed by atoms with E-state index in [1.165, 1.54) is 0 Å². The molecule has 1 heterocycles. The predicted octanol–water partition coefficient (Wildman–Crippen LogP) is 3.11. The number of ether oxygens (including phenoxy) is 1. The zero-order valence-corrected chi connectivity index (χ0v) is 12.1. The zero-order chi connectivity index (χ0) is 13.3. The second-order valence-electron chi connectivity index (χ2n) is 5.53. The second kappa shape index (κ2) is 4.94. The Labute approximate surface area is 112 Å². The number of fused-ring (bicyclic) bond motifs is 1. The van der Waals surface area contributed by atoms with Gasteiger partial charge in [0.05, 0.1) is 0 Å². The largest absolute Gasteiger partial charge is 0.591 e. The molecule has 3 nitrogen and oxygen atoms in total. The number of nitrogens with zero attached hydrogens (tertiary/aromatic N) is 1. The van der Waals surface area contributed by atoms with Gasteiger partial charge in [0.25, 0.3) is 0 Å². The van der Waals surface area contributed by atoms with Crippen LogP contribution in [0.25, 0.3) is 0 Å². The first-order valence-corrected chi connectivity index (χ1v) is 7.24. The summed E-state index contributed by atoms with van der Waals surface area (Å²) in [5.41, 5.74) is 1.85. The van der Waals surface area contributed by atoms with Crippen LogP contribution in [0.5, 0.6) is 5.75 Å². The van der Waals surface area contributed by atoms with Crippen molar-refractivity contribution < 1.29 is 9.29 Å². The molecule has 0 aromatic heterocycles. The molecule has 0 saturated heterocycles. The van der Waals surface area contributed by atoms with E-state index in [1.54, 1.807) is 0 Å². The van der Waals surface area contributed by atoms with Crippen molar-refractivity contribution in [3.8, 4) is 5.75 Å². The third-order valence-electron chi connectivity index (χ3n) is 2.72. The van der Waals surface area contributed by atoms with Gasteiger partial charge in [0, 0.05) is 12.0 Å². The summed E-state index contributed by atoms with van der Waals surface area (Å²) in [5.74, 6) is 0.834. The van der Waals surface area contributed by atoms with Gasteiger partial charge in [-0.2, -0.15) is 0 Å². The third kappa shape index (κ3) is 2.87. The standard InChI is InChI=1S/C14H19NO2S/c1-10-9-12(15-18(16)14(2,3)4)11-7-5-6-8-13(11)17-10/h5-8,10H,9H2,1-4H3/b15-12+/t10-,18+/m0/s1. The molecule has 0 amide bonds. The van der Waals surface area contributed by atoms with Crippen LogP contribution < -0.4 is 4.74 Å². The van der Waals surface area contributed by atoms with E-state index in [0.717, 1.165) is 17.0 Å². The molecular weight excluding hydrogens is 246 g/mol. The van der Waals surface area contributed by atoms with Crippen LogP contribution in [0.1, 0.15) is 39.7 Å². The molecule has 98 valence electrons. The molecule has 0 N–H and O–H groups in total. The summed E-state index contributed by atoms with van der Waals surface area (Å²) in [7, 11) is 0. The van der Waals surface area contributed by atoms with Gasteiger partial charge in [-0.1, -0.05) is 16.5 Å². The highest BCUT2D eigenvalue weighted by atomic mass is 32.2. The van der Waals surface area contributed by atoms with Gasteiger partial charge in [-0.05, 0) is 39.8 Å². The highest BCUT2D eigenvalue weighted by molar-refractivity contribution is 7.91. The highest BCUT2D eigenvalue weighted by Crippen LogP contribution is 2.29. The highest BCUT2D eigenvalue weighted by Gasteiger charge is 2.30. The van der Waals surface area contributed by atoms with Gasteiger partial charge in [-0.3, -0.25) is 0 Å². The van der Waals surface area contributed by atoms with Crippen molar-refractivity contribution in [1.82, 2.24) is 0 Å². The van der Waals surface area contributed by atoms with Crippen LogP contribution in [-0.4, -0.2) is 21.1 Å². The summed E-state index contributed by atoms with van der Waals surface area (Å²) in [6, 6.07) is 7.79. The topological polar surface area (TPSA) is 44.7 Å². The van der Waals surface area contributed by atoms with E-state index in [0.29, 0.717) is 6.42 Å². The minimum atomic E-state index is -1.22. The van der Waals surface area contributed by atoms with Crippen LogP contribution in [0.2, 0.25) is 0 Å². The quantitative estimate of drug-likeness (QED) is 0.732. The molecule has 2 atom stereocenters. The van der Waals surface area contributed by atoms with Crippen molar-refractivity contribution in [2.45, 2.75) is 45.0 Å². The smallest absolute Gasteiger partial charge is 0.144 e. The molecule has 18 heavy (non-hydrogen) atoms. The summed E-state index contributed by atoms with van der Waals surface area (Å²) in [4.78, 5) is 0. The molecule has 1 aliphatic heterocycles. The van der Waals surface area contributed by atoms with E-state index in [2.05, 4.69) is 4.40 Å². The number of hydrogen-bond acceptors (Lipinski definition) is 3. The monoisotopic (exact) mass is 265 g/mol. The molecule has 0 fully saturated rings. The Balaban J connectivity index is 2.37. The Morgan fingerprint density at radius 3 is 2.67 bits per heavy atom. The SMILES string of the molecule is C[C@H]1C/C(=N\[S@+]([O-])C(C)(C)C)c2ccccc2O1. The Hall–Kier alpha value is -1.00. The molecule has 0 saturated carbocycles. The molecule has 0 spiro atoms. The van der Waals surface area contributed by atoms with Crippen LogP contribution in [0.15, 0.2) is 28.7 Å². The van der Waals surface area contributed by atoms with Crippen molar-refractivity contribution in [3.05, 3.63) is 29.8 Å². The molecule has 0 bridgehead atoms. The molecular formula is C14H19NO2S. The minimum Gasteiger partial charge on any atom is -0.591 e. The van der Waals surface area contributed by atoms with E-state index in [1.807, 2.05) is 52.0 Å². The van der Waals surface area contributed by atoms with E-state index in [-0.39, 0.29) is 10.9 Å². The van der Waals surface area contributed by atoms with Gasteiger partial charge in [0.1, 0.15) is 33.7 Å². The van der Waals surface area contributed by atoms with Crippen molar-refractivity contribution in [2.75, 3.05) is 0 Å². The Morgan fingerprint density at radius 1 is 1.33 bits per heavy atom. The number of benzene rings is 1. The molecule has 1 aliphatic rings. The predicted molar refractivity (Wildman–Crippen MR) is 75.6 cm³/mol. The fourth-order valence-corrected chi connectivity index (χ4v) is 2.42. The molecule has 0 aliphatic carbocycles. The number of hydrogen-bond donors (Lipinski definition) is 0. The van der Waals surface area contributed by atoms with Crippen LogP contribution in [-0.2, 0) is 11.4 Å². The summed E-state index contributed by atoms with van der Waals surface area (Å²) in [6.07, 6.45) is 0.786. The van der Waals surface area contributed by atoms with Crippen molar-refractivity contribution >= 4 is 17.1 Å². The lowest BCUT2D eigenvalue weighted by atomic mass is 10.0. The van der Waals surface area contributed by atoms with E-state index in [4.69, 9.17) is 4.74 Å². The van der Waals surface area contributed by atoms with Crippen LogP contribution in [0.3, 0.4) is 0 Å². The molecule has 1 aromatic rings. The average molecular weight is 265 g/mol. The van der Waals surface area contributed by atoms with Gasteiger partial charge in [0.2, 0.25) is 0 Å². The average Bonchev–Trinajstić information content (AvgIpc) is 2.27. The van der Waals surface area contributed by atoms with Crippen LogP contribution >= 0.6 is 0 Å². The summed E-state index contributed by atoms with van der Waals surface area (Å²) in [5, 5.41) is 0. The van der Waals surface area contributed by atoms with Crippen LogP contribution in [0.4, 0.5) is 0 Å². The Morgan fingerprint density at radius 2 is 2.00 bits per heavy atom. The van der Waals surface area contributed by atoms with E-state index >= 15 is 0 Å². The maximum Gasteiger partial charge on any atom is 0.144 e. The van der Waals surface area contributed by atoms with E-state index < -0.39 is 11.4 Å². The normalized spacial score (nSPS) is 23.4. The molecule has 0 unspecified atom stereocenters. The van der Waals surface area contributed by atoms with Crippen LogP contribution in [0, 0.1) is 0 Å². The Kier molecular flexibility index (Phi) is 3.69. The van der Waals surface area contributed by atoms with Gasteiger partial charge >= 0.3 is 0 Å². The summed E-state index contributed by atoms with van der Waals surface area (Å²) < 4.78 is 22.0. The first-order chi connectivity index (χ1) is 8.38. The first kappa shape index (κ1) is 13.4. The van der Waals surface area contributed by atoms with Gasteiger partial charge in [-0.25, -0.2) is 0 Å². The molecule has 0 radical (unpaired) electrons. The number of para-hydroxylation sites is 1. The minimum absolute atomic E-state index is 0.0793. The van der Waals surface area contributed by atoms with Gasteiger partial charge in [-0.15, -0.1) is 0 Å². The van der Waals surface area contributed by atoms with Crippen molar-refractivity contribution in [3.63, 3.8) is 0 Å². The summed E-state index contributed by atoms with van der Waals surface area (Å²) >= 11 is -1.22. The van der Waals surface area contributed by atoms with E-state index in [9.17, 15) is 4.55 Å². The fourth-order valence-electron chi connectivity index (χ4n) is 1.77. The fraction of sp³-hybridized carbons (Fsp3) is 0.500. The maximum absolute atomic E-state index is 12.1. The van der Waals surface area contributed by atoms with Gasteiger partial charge < -0.3 is 9.29 Å². The first-order valence-electron chi connectivity index (χ1n) is 6.13. The lowest BCUT2D eigenvalue weighted by molar-refractivity contribution is 0.222.